The van der Waals surface area contributed by atoms with E-state index in [-0.39, 0.29) is 0 Å². The number of ether oxygens (including phenoxy) is 1. The van der Waals surface area contributed by atoms with Gasteiger partial charge in [-0.15, -0.1) is 0 Å². The van der Waals surface area contributed by atoms with Gasteiger partial charge in [0, 0.05) is 44.9 Å². The molecule has 0 unspecified atom stereocenters. The second-order valence-electron chi connectivity index (χ2n) is 6.55. The third-order valence-electron chi connectivity index (χ3n) is 5.11. The Morgan fingerprint density at radius 1 is 1.17 bits per heavy atom. The zero-order valence-corrected chi connectivity index (χ0v) is 12.4. The van der Waals surface area contributed by atoms with E-state index < -0.39 is 0 Å². The highest BCUT2D eigenvalue weighted by molar-refractivity contribution is 4.94. The predicted molar refractivity (Wildman–Crippen MR) is 75.9 cm³/mol. The number of nitrogens with zero attached hydrogens (tertiary/aromatic N) is 1. The molecule has 0 radical (unpaired) electrons. The van der Waals surface area contributed by atoms with Gasteiger partial charge in [0.1, 0.15) is 0 Å². The van der Waals surface area contributed by atoms with Crippen molar-refractivity contribution in [3.63, 3.8) is 0 Å². The average molecular weight is 254 g/mol. The lowest BCUT2D eigenvalue weighted by atomic mass is 9.81. The molecule has 3 heteroatoms. The second-order valence-corrected chi connectivity index (χ2v) is 6.55. The molecule has 106 valence electrons. The summed E-state index contributed by atoms with van der Waals surface area (Å²) in [6.45, 7) is 13.8. The van der Waals surface area contributed by atoms with E-state index in [1.54, 1.807) is 0 Å². The maximum absolute atomic E-state index is 5.51. The SMILES string of the molecule is CCC1(CC)CN(CC2(C)CCOCC2)CCN1. The van der Waals surface area contributed by atoms with E-state index in [0.717, 1.165) is 19.8 Å². The summed E-state index contributed by atoms with van der Waals surface area (Å²) in [6.07, 6.45) is 4.92. The topological polar surface area (TPSA) is 24.5 Å². The summed E-state index contributed by atoms with van der Waals surface area (Å²) >= 11 is 0. The predicted octanol–water partition coefficient (Wildman–Crippen LogP) is 2.27. The molecule has 0 saturated carbocycles. The van der Waals surface area contributed by atoms with Gasteiger partial charge in [-0.05, 0) is 31.1 Å². The van der Waals surface area contributed by atoms with E-state index in [1.165, 1.54) is 45.3 Å². The third-order valence-corrected chi connectivity index (χ3v) is 5.11. The smallest absolute Gasteiger partial charge is 0.0471 e. The lowest BCUT2D eigenvalue weighted by molar-refractivity contribution is -0.00608. The van der Waals surface area contributed by atoms with Crippen LogP contribution in [0.4, 0.5) is 0 Å². The lowest BCUT2D eigenvalue weighted by Gasteiger charge is -2.46. The Kier molecular flexibility index (Phi) is 4.68. The van der Waals surface area contributed by atoms with Gasteiger partial charge in [0.2, 0.25) is 0 Å². The summed E-state index contributed by atoms with van der Waals surface area (Å²) in [4.78, 5) is 2.69. The number of piperazine rings is 1. The van der Waals surface area contributed by atoms with Gasteiger partial charge >= 0.3 is 0 Å². The highest BCUT2D eigenvalue weighted by Crippen LogP contribution is 2.32. The van der Waals surface area contributed by atoms with Crippen molar-refractivity contribution in [2.24, 2.45) is 5.41 Å². The molecule has 2 aliphatic heterocycles. The van der Waals surface area contributed by atoms with Crippen LogP contribution in [0.15, 0.2) is 0 Å². The average Bonchev–Trinajstić information content (AvgIpc) is 2.39. The van der Waals surface area contributed by atoms with Crippen molar-refractivity contribution >= 4 is 0 Å². The standard InChI is InChI=1S/C15H30N2O/c1-4-15(5-2)13-17(9-8-16-15)12-14(3)6-10-18-11-7-14/h16H,4-13H2,1-3H3. The van der Waals surface area contributed by atoms with Crippen molar-refractivity contribution in [2.75, 3.05) is 39.4 Å². The second kappa shape index (κ2) is 5.89. The fraction of sp³-hybridized carbons (Fsp3) is 1.00. The molecule has 0 aromatic heterocycles. The molecule has 2 aliphatic rings. The van der Waals surface area contributed by atoms with Crippen LogP contribution in [0, 0.1) is 5.41 Å². The summed E-state index contributed by atoms with van der Waals surface area (Å²) in [5, 5.41) is 3.75. The fourth-order valence-electron chi connectivity index (χ4n) is 3.46. The first kappa shape index (κ1) is 14.3. The summed E-state index contributed by atoms with van der Waals surface area (Å²) in [7, 11) is 0. The van der Waals surface area contributed by atoms with E-state index in [2.05, 4.69) is 31.0 Å². The number of nitrogens with one attached hydrogen (secondary N) is 1. The first-order valence-corrected chi connectivity index (χ1v) is 7.67. The molecule has 3 nitrogen and oxygen atoms in total. The Morgan fingerprint density at radius 3 is 2.44 bits per heavy atom. The Bertz CT molecular complexity index is 257. The van der Waals surface area contributed by atoms with Crippen molar-refractivity contribution in [2.45, 2.75) is 52.0 Å². The van der Waals surface area contributed by atoms with Gasteiger partial charge in [-0.25, -0.2) is 0 Å². The third kappa shape index (κ3) is 3.25. The van der Waals surface area contributed by atoms with Crippen LogP contribution in [-0.2, 0) is 4.74 Å². The first-order chi connectivity index (χ1) is 8.61. The molecule has 0 aliphatic carbocycles. The molecule has 1 N–H and O–H groups in total. The number of hydrogen-bond donors (Lipinski definition) is 1. The van der Waals surface area contributed by atoms with Gasteiger partial charge in [0.25, 0.3) is 0 Å². The van der Waals surface area contributed by atoms with E-state index in [0.29, 0.717) is 11.0 Å². The minimum Gasteiger partial charge on any atom is -0.381 e. The van der Waals surface area contributed by atoms with E-state index >= 15 is 0 Å². The largest absolute Gasteiger partial charge is 0.381 e. The highest BCUT2D eigenvalue weighted by Gasteiger charge is 2.36. The van der Waals surface area contributed by atoms with Gasteiger partial charge in [-0.3, -0.25) is 4.90 Å². The summed E-state index contributed by atoms with van der Waals surface area (Å²) < 4.78 is 5.51. The zero-order valence-electron chi connectivity index (χ0n) is 12.4. The van der Waals surface area contributed by atoms with Crippen LogP contribution in [0.1, 0.15) is 46.5 Å². The molecule has 18 heavy (non-hydrogen) atoms. The number of hydrogen-bond acceptors (Lipinski definition) is 3. The van der Waals surface area contributed by atoms with Gasteiger partial charge in [0.05, 0.1) is 0 Å². The van der Waals surface area contributed by atoms with Gasteiger partial charge in [-0.2, -0.15) is 0 Å². The summed E-state index contributed by atoms with van der Waals surface area (Å²) in [5.41, 5.74) is 0.836. The molecule has 2 rings (SSSR count). The minimum atomic E-state index is 0.361. The molecule has 0 bridgehead atoms. The molecule has 0 spiro atoms. The monoisotopic (exact) mass is 254 g/mol. The number of rotatable bonds is 4. The molecule has 2 fully saturated rings. The van der Waals surface area contributed by atoms with Crippen molar-refractivity contribution in [3.8, 4) is 0 Å². The molecule has 2 saturated heterocycles. The van der Waals surface area contributed by atoms with E-state index in [9.17, 15) is 0 Å². The molecule has 0 aromatic carbocycles. The van der Waals surface area contributed by atoms with Crippen LogP contribution >= 0.6 is 0 Å². The van der Waals surface area contributed by atoms with Crippen molar-refractivity contribution in [1.82, 2.24) is 10.2 Å². The van der Waals surface area contributed by atoms with E-state index in [1.807, 2.05) is 0 Å². The summed E-state index contributed by atoms with van der Waals surface area (Å²) in [6, 6.07) is 0. The Labute approximate surface area is 112 Å². The van der Waals surface area contributed by atoms with E-state index in [4.69, 9.17) is 4.74 Å². The summed E-state index contributed by atoms with van der Waals surface area (Å²) in [5.74, 6) is 0. The van der Waals surface area contributed by atoms with Crippen LogP contribution in [0.2, 0.25) is 0 Å². The fourth-order valence-corrected chi connectivity index (χ4v) is 3.46. The Hall–Kier alpha value is -0.120. The Morgan fingerprint density at radius 2 is 1.83 bits per heavy atom. The van der Waals surface area contributed by atoms with Crippen molar-refractivity contribution in [1.29, 1.82) is 0 Å². The molecular formula is C15H30N2O. The molecule has 0 aromatic rings. The normalized spacial score (nSPS) is 28.2. The van der Waals surface area contributed by atoms with Crippen molar-refractivity contribution in [3.05, 3.63) is 0 Å². The van der Waals surface area contributed by atoms with Gasteiger partial charge < -0.3 is 10.1 Å². The maximum atomic E-state index is 5.51. The molecule has 0 amide bonds. The Balaban J connectivity index is 1.92. The first-order valence-electron chi connectivity index (χ1n) is 7.67. The van der Waals surface area contributed by atoms with Gasteiger partial charge in [-0.1, -0.05) is 20.8 Å². The zero-order chi connectivity index (χ0) is 13.1. The quantitative estimate of drug-likeness (QED) is 0.833. The molecule has 0 atom stereocenters. The van der Waals surface area contributed by atoms with Gasteiger partial charge in [0.15, 0.2) is 0 Å². The minimum absolute atomic E-state index is 0.361. The molecule has 2 heterocycles. The molecular weight excluding hydrogens is 224 g/mol. The van der Waals surface area contributed by atoms with Crippen molar-refractivity contribution < 1.29 is 4.74 Å². The van der Waals surface area contributed by atoms with Crippen LogP contribution in [0.5, 0.6) is 0 Å². The van der Waals surface area contributed by atoms with Crippen LogP contribution in [-0.4, -0.2) is 49.8 Å². The van der Waals surface area contributed by atoms with Crippen LogP contribution < -0.4 is 5.32 Å². The van der Waals surface area contributed by atoms with Crippen LogP contribution in [0.3, 0.4) is 0 Å². The lowest BCUT2D eigenvalue weighted by Crippen LogP contribution is -2.61. The maximum Gasteiger partial charge on any atom is 0.0471 e. The van der Waals surface area contributed by atoms with Crippen LogP contribution in [0.25, 0.3) is 0 Å². The highest BCUT2D eigenvalue weighted by atomic mass is 16.5.